The predicted molar refractivity (Wildman–Crippen MR) is 109 cm³/mol. The van der Waals surface area contributed by atoms with Crippen LogP contribution < -0.4 is 15.2 Å². The Kier molecular flexibility index (Phi) is 3.89. The second-order valence-corrected chi connectivity index (χ2v) is 8.10. The molecule has 27 heavy (non-hydrogen) atoms. The molecule has 1 aromatic carbocycles. The van der Waals surface area contributed by atoms with Crippen molar-refractivity contribution in [1.29, 1.82) is 0 Å². The summed E-state index contributed by atoms with van der Waals surface area (Å²) < 4.78 is 7.75. The Morgan fingerprint density at radius 1 is 1.15 bits per heavy atom. The van der Waals surface area contributed by atoms with Gasteiger partial charge in [-0.05, 0) is 38.3 Å². The molecule has 6 nitrogen and oxygen atoms in total. The van der Waals surface area contributed by atoms with Crippen molar-refractivity contribution in [3.05, 3.63) is 40.9 Å². The van der Waals surface area contributed by atoms with Crippen LogP contribution in [0.5, 0.6) is 5.75 Å². The highest BCUT2D eigenvalue weighted by atomic mass is 32.2. The van der Waals surface area contributed by atoms with E-state index in [0.717, 1.165) is 27.1 Å². The standard InChI is InChI=1S/C20H21N3O3S/c1-20(2)19(25)23(4)15-9-11(27-5)8-13(17(15)26-20)14-10-22(3)18(24)16-12(14)6-7-21-16/h6-10,21H,1-5H3. The fourth-order valence-electron chi connectivity index (χ4n) is 3.56. The third-order valence-corrected chi connectivity index (χ3v) is 5.71. The van der Waals surface area contributed by atoms with Crippen molar-refractivity contribution >= 4 is 34.3 Å². The Bertz CT molecular complexity index is 1140. The molecule has 0 unspecified atom stereocenters. The minimum absolute atomic E-state index is 0.0813. The molecule has 0 spiro atoms. The molecule has 1 aliphatic rings. The maximum Gasteiger partial charge on any atom is 0.274 e. The molecule has 2 aromatic heterocycles. The van der Waals surface area contributed by atoms with Crippen LogP contribution in [-0.2, 0) is 11.8 Å². The van der Waals surface area contributed by atoms with E-state index in [4.69, 9.17) is 4.74 Å². The molecule has 4 rings (SSSR count). The van der Waals surface area contributed by atoms with Gasteiger partial charge in [0.2, 0.25) is 0 Å². The van der Waals surface area contributed by atoms with E-state index < -0.39 is 5.60 Å². The fraction of sp³-hybridized carbons (Fsp3) is 0.300. The Hall–Kier alpha value is -2.67. The summed E-state index contributed by atoms with van der Waals surface area (Å²) in [7, 11) is 3.50. The number of pyridine rings is 1. The van der Waals surface area contributed by atoms with Gasteiger partial charge in [-0.25, -0.2) is 0 Å². The maximum absolute atomic E-state index is 12.7. The second kappa shape index (κ2) is 5.92. The number of aromatic nitrogens is 2. The Labute approximate surface area is 161 Å². The molecule has 7 heteroatoms. The molecule has 1 aliphatic heterocycles. The lowest BCUT2D eigenvalue weighted by Gasteiger charge is -2.38. The van der Waals surface area contributed by atoms with Crippen LogP contribution in [-0.4, -0.2) is 34.4 Å². The zero-order valence-electron chi connectivity index (χ0n) is 15.9. The van der Waals surface area contributed by atoms with Gasteiger partial charge in [-0.2, -0.15) is 0 Å². The van der Waals surface area contributed by atoms with E-state index in [9.17, 15) is 9.59 Å². The molecular weight excluding hydrogens is 362 g/mol. The number of hydrogen-bond acceptors (Lipinski definition) is 4. The smallest absolute Gasteiger partial charge is 0.274 e. The van der Waals surface area contributed by atoms with Crippen LogP contribution in [0.25, 0.3) is 22.0 Å². The van der Waals surface area contributed by atoms with Crippen molar-refractivity contribution in [2.45, 2.75) is 24.3 Å². The lowest BCUT2D eigenvalue weighted by molar-refractivity contribution is -0.132. The average molecular weight is 383 g/mol. The number of aromatic amines is 1. The Morgan fingerprint density at radius 3 is 2.59 bits per heavy atom. The number of rotatable bonds is 2. The number of anilines is 1. The first-order valence-electron chi connectivity index (χ1n) is 8.61. The van der Waals surface area contributed by atoms with Crippen LogP contribution in [0.2, 0.25) is 0 Å². The number of aryl methyl sites for hydroxylation is 1. The molecular formula is C20H21N3O3S. The van der Waals surface area contributed by atoms with E-state index in [1.807, 2.05) is 24.6 Å². The zero-order chi connectivity index (χ0) is 19.5. The van der Waals surface area contributed by atoms with Crippen molar-refractivity contribution in [2.75, 3.05) is 18.2 Å². The molecule has 0 fully saturated rings. The highest BCUT2D eigenvalue weighted by Crippen LogP contribution is 2.47. The van der Waals surface area contributed by atoms with Gasteiger partial charge in [0, 0.05) is 47.9 Å². The van der Waals surface area contributed by atoms with Gasteiger partial charge in [0.1, 0.15) is 5.52 Å². The first kappa shape index (κ1) is 17.7. The summed E-state index contributed by atoms with van der Waals surface area (Å²) in [4.78, 5) is 30.8. The molecule has 0 aliphatic carbocycles. The quantitative estimate of drug-likeness (QED) is 0.689. The van der Waals surface area contributed by atoms with E-state index in [-0.39, 0.29) is 11.5 Å². The molecule has 140 valence electrons. The Balaban J connectivity index is 2.09. The second-order valence-electron chi connectivity index (χ2n) is 7.22. The number of likely N-dealkylation sites (N-methyl/N-ethyl adjacent to an activating group) is 1. The molecule has 0 saturated carbocycles. The van der Waals surface area contributed by atoms with E-state index in [0.29, 0.717) is 11.3 Å². The first-order chi connectivity index (χ1) is 12.7. The van der Waals surface area contributed by atoms with E-state index in [1.54, 1.807) is 55.4 Å². The highest BCUT2D eigenvalue weighted by molar-refractivity contribution is 7.98. The van der Waals surface area contributed by atoms with Crippen molar-refractivity contribution in [1.82, 2.24) is 9.55 Å². The number of H-pyrrole nitrogens is 1. The van der Waals surface area contributed by atoms with Crippen LogP contribution in [0.15, 0.2) is 40.3 Å². The summed E-state index contributed by atoms with van der Waals surface area (Å²) in [5, 5.41) is 0.833. The summed E-state index contributed by atoms with van der Waals surface area (Å²) in [6, 6.07) is 5.91. The lowest BCUT2D eigenvalue weighted by atomic mass is 9.98. The van der Waals surface area contributed by atoms with Gasteiger partial charge < -0.3 is 19.2 Å². The van der Waals surface area contributed by atoms with Gasteiger partial charge in [0.15, 0.2) is 11.4 Å². The lowest BCUT2D eigenvalue weighted by Crippen LogP contribution is -2.51. The number of nitrogens with zero attached hydrogens (tertiary/aromatic N) is 2. The van der Waals surface area contributed by atoms with E-state index in [2.05, 4.69) is 11.1 Å². The molecule has 1 N–H and O–H groups in total. The van der Waals surface area contributed by atoms with Gasteiger partial charge in [-0.1, -0.05) is 0 Å². The number of amides is 1. The zero-order valence-corrected chi connectivity index (χ0v) is 16.7. The molecule has 3 heterocycles. The van der Waals surface area contributed by atoms with E-state index >= 15 is 0 Å². The van der Waals surface area contributed by atoms with Crippen molar-refractivity contribution in [2.24, 2.45) is 7.05 Å². The third kappa shape index (κ3) is 2.56. The summed E-state index contributed by atoms with van der Waals surface area (Å²) in [6.07, 6.45) is 5.58. The third-order valence-electron chi connectivity index (χ3n) is 5.00. The van der Waals surface area contributed by atoms with Crippen molar-refractivity contribution in [3.8, 4) is 16.9 Å². The fourth-order valence-corrected chi connectivity index (χ4v) is 4.02. The number of nitrogens with one attached hydrogen (secondary N) is 1. The normalized spacial score (nSPS) is 15.7. The van der Waals surface area contributed by atoms with Crippen LogP contribution in [0.4, 0.5) is 5.69 Å². The van der Waals surface area contributed by atoms with Crippen LogP contribution in [0, 0.1) is 0 Å². The number of carbonyl (C=O) groups excluding carboxylic acids is 1. The van der Waals surface area contributed by atoms with Crippen LogP contribution >= 0.6 is 11.8 Å². The number of carbonyl (C=O) groups is 1. The molecule has 1 amide bonds. The van der Waals surface area contributed by atoms with Gasteiger partial charge in [0.25, 0.3) is 11.5 Å². The molecule has 3 aromatic rings. The molecule has 0 saturated heterocycles. The van der Waals surface area contributed by atoms with Gasteiger partial charge in [-0.3, -0.25) is 9.59 Å². The van der Waals surface area contributed by atoms with Gasteiger partial charge in [-0.15, -0.1) is 11.8 Å². The number of benzene rings is 1. The average Bonchev–Trinajstić information content (AvgIpc) is 3.12. The topological polar surface area (TPSA) is 67.3 Å². The Morgan fingerprint density at radius 2 is 1.89 bits per heavy atom. The van der Waals surface area contributed by atoms with Crippen LogP contribution in [0.3, 0.4) is 0 Å². The van der Waals surface area contributed by atoms with E-state index in [1.165, 1.54) is 0 Å². The monoisotopic (exact) mass is 383 g/mol. The number of thioether (sulfide) groups is 1. The van der Waals surface area contributed by atoms with Gasteiger partial charge >= 0.3 is 0 Å². The SMILES string of the molecule is CSc1cc(-c2cn(C)c(=O)c3[nH]ccc23)c2c(c1)N(C)C(=O)C(C)(C)O2. The molecule has 0 atom stereocenters. The van der Waals surface area contributed by atoms with Crippen molar-refractivity contribution in [3.63, 3.8) is 0 Å². The molecule has 0 radical (unpaired) electrons. The van der Waals surface area contributed by atoms with Gasteiger partial charge in [0.05, 0.1) is 5.69 Å². The minimum Gasteiger partial charge on any atom is -0.475 e. The summed E-state index contributed by atoms with van der Waals surface area (Å²) in [5.74, 6) is 0.563. The maximum atomic E-state index is 12.7. The minimum atomic E-state index is -0.963. The highest BCUT2D eigenvalue weighted by Gasteiger charge is 2.40. The van der Waals surface area contributed by atoms with Crippen LogP contribution in [0.1, 0.15) is 13.8 Å². The summed E-state index contributed by atoms with van der Waals surface area (Å²) in [6.45, 7) is 3.54. The number of fused-ring (bicyclic) bond motifs is 2. The number of ether oxygens (including phenoxy) is 1. The largest absolute Gasteiger partial charge is 0.475 e. The first-order valence-corrected chi connectivity index (χ1v) is 9.83. The summed E-state index contributed by atoms with van der Waals surface area (Å²) >= 11 is 1.60. The molecule has 0 bridgehead atoms. The predicted octanol–water partition coefficient (Wildman–Crippen LogP) is 3.39. The number of hydrogen-bond donors (Lipinski definition) is 1. The van der Waals surface area contributed by atoms with Crippen molar-refractivity contribution < 1.29 is 9.53 Å². The summed E-state index contributed by atoms with van der Waals surface area (Å²) in [5.41, 5.74) is 2.00.